The fraction of sp³-hybridized carbons (Fsp3) is 0.542. The number of alkyl halides is 6. The number of furan rings is 1. The van der Waals surface area contributed by atoms with Gasteiger partial charge in [-0.2, -0.15) is 26.3 Å². The van der Waals surface area contributed by atoms with Crippen LogP contribution in [0.4, 0.5) is 26.3 Å². The van der Waals surface area contributed by atoms with E-state index in [1.165, 1.54) is 12.0 Å². The summed E-state index contributed by atoms with van der Waals surface area (Å²) in [6, 6.07) is 8.17. The van der Waals surface area contributed by atoms with E-state index in [9.17, 15) is 26.3 Å². The predicted molar refractivity (Wildman–Crippen MR) is 123 cm³/mol. The maximum absolute atomic E-state index is 10.6. The molecule has 2 aliphatic rings. The molecule has 3 atom stereocenters. The molecular formula is C24H29F6N3O6. The quantitative estimate of drug-likeness (QED) is 0.500. The number of fused-ring (bicyclic) bond motifs is 1. The summed E-state index contributed by atoms with van der Waals surface area (Å²) in [7, 11) is 2.15. The summed E-state index contributed by atoms with van der Waals surface area (Å²) < 4.78 is 75.1. The molecule has 39 heavy (non-hydrogen) atoms. The van der Waals surface area contributed by atoms with Gasteiger partial charge in [0.1, 0.15) is 5.76 Å². The largest absolute Gasteiger partial charge is 0.490 e. The third-order valence-corrected chi connectivity index (χ3v) is 6.00. The van der Waals surface area contributed by atoms with Crippen LogP contribution in [0, 0.1) is 11.8 Å². The van der Waals surface area contributed by atoms with E-state index < -0.39 is 24.3 Å². The van der Waals surface area contributed by atoms with Crippen molar-refractivity contribution in [2.45, 2.75) is 38.0 Å². The lowest BCUT2D eigenvalue weighted by atomic mass is 9.84. The summed E-state index contributed by atoms with van der Waals surface area (Å²) in [5.74, 6) is -3.16. The van der Waals surface area contributed by atoms with Crippen LogP contribution in [0.5, 0.6) is 0 Å². The van der Waals surface area contributed by atoms with Gasteiger partial charge in [-0.05, 0) is 49.7 Å². The Morgan fingerprint density at radius 3 is 2.26 bits per heavy atom. The Bertz CT molecular complexity index is 996. The maximum Gasteiger partial charge on any atom is 0.490 e. The highest BCUT2D eigenvalue weighted by Gasteiger charge is 2.41. The van der Waals surface area contributed by atoms with Gasteiger partial charge in [0.15, 0.2) is 0 Å². The molecule has 2 fully saturated rings. The molecule has 0 aliphatic carbocycles. The Kier molecular flexibility index (Phi) is 11.7. The molecule has 2 aromatic heterocycles. The molecule has 0 bridgehead atoms. The van der Waals surface area contributed by atoms with Crippen LogP contribution in [-0.4, -0.2) is 88.7 Å². The molecule has 0 unspecified atom stereocenters. The van der Waals surface area contributed by atoms with Crippen molar-refractivity contribution in [3.8, 4) is 0 Å². The Balaban J connectivity index is 0.000000317. The number of carbonyl (C=O) groups is 2. The van der Waals surface area contributed by atoms with Crippen LogP contribution in [0.25, 0.3) is 0 Å². The number of aliphatic carboxylic acids is 2. The van der Waals surface area contributed by atoms with Crippen LogP contribution in [0.3, 0.4) is 0 Å². The summed E-state index contributed by atoms with van der Waals surface area (Å²) >= 11 is 0. The van der Waals surface area contributed by atoms with Gasteiger partial charge in [-0.15, -0.1) is 0 Å². The summed E-state index contributed by atoms with van der Waals surface area (Å²) in [5.41, 5.74) is 1.30. The zero-order chi connectivity index (χ0) is 29.2. The second kappa shape index (κ2) is 14.3. The van der Waals surface area contributed by atoms with Crippen LogP contribution in [0.1, 0.15) is 17.7 Å². The van der Waals surface area contributed by atoms with Gasteiger partial charge in [-0.3, -0.25) is 14.8 Å². The van der Waals surface area contributed by atoms with E-state index in [1.54, 1.807) is 6.26 Å². The minimum absolute atomic E-state index is 0.321. The first-order valence-electron chi connectivity index (χ1n) is 11.7. The van der Waals surface area contributed by atoms with Crippen LogP contribution in [0.2, 0.25) is 0 Å². The normalized spacial score (nSPS) is 21.3. The van der Waals surface area contributed by atoms with E-state index in [-0.39, 0.29) is 0 Å². The number of ether oxygens (including phenoxy) is 1. The van der Waals surface area contributed by atoms with E-state index in [2.05, 4.69) is 27.9 Å². The number of piperidine rings is 1. The molecule has 2 N–H and O–H groups in total. The highest BCUT2D eigenvalue weighted by Crippen LogP contribution is 2.35. The molecular weight excluding hydrogens is 540 g/mol. The molecule has 0 saturated carbocycles. The number of hydrogen-bond acceptors (Lipinski definition) is 7. The van der Waals surface area contributed by atoms with E-state index in [0.717, 1.165) is 45.1 Å². The van der Waals surface area contributed by atoms with Crippen LogP contribution < -0.4 is 0 Å². The summed E-state index contributed by atoms with van der Waals surface area (Å²) in [6.07, 6.45) is -3.05. The first-order chi connectivity index (χ1) is 18.2. The Morgan fingerprint density at radius 2 is 1.74 bits per heavy atom. The summed E-state index contributed by atoms with van der Waals surface area (Å²) in [4.78, 5) is 26.9. The number of aromatic nitrogens is 1. The van der Waals surface area contributed by atoms with E-state index >= 15 is 0 Å². The van der Waals surface area contributed by atoms with E-state index in [0.29, 0.717) is 17.9 Å². The SMILES string of the molecule is CN(Cc1ccco1)C[C@H]1OC[C@@H]2CCN(Cc3cccnc3)C[C@@H]21.O=C(O)C(F)(F)F.O=C(O)C(F)(F)F. The third-order valence-electron chi connectivity index (χ3n) is 6.00. The first-order valence-corrected chi connectivity index (χ1v) is 11.7. The molecule has 0 spiro atoms. The molecule has 4 heterocycles. The predicted octanol–water partition coefficient (Wildman–Crippen LogP) is 3.91. The molecule has 0 amide bonds. The molecule has 4 rings (SSSR count). The number of halogens is 6. The molecule has 2 saturated heterocycles. The first kappa shape index (κ1) is 32.0. The van der Waals surface area contributed by atoms with Gasteiger partial charge < -0.3 is 19.4 Å². The Hall–Kier alpha value is -3.17. The smallest absolute Gasteiger partial charge is 0.475 e. The average molecular weight is 569 g/mol. The van der Waals surface area contributed by atoms with Gasteiger partial charge in [-0.1, -0.05) is 6.07 Å². The van der Waals surface area contributed by atoms with Crippen LogP contribution in [-0.2, 0) is 27.4 Å². The Morgan fingerprint density at radius 1 is 1.10 bits per heavy atom. The lowest BCUT2D eigenvalue weighted by molar-refractivity contribution is -0.193. The molecule has 2 aromatic rings. The third kappa shape index (κ3) is 11.2. The fourth-order valence-corrected chi connectivity index (χ4v) is 4.22. The number of rotatable bonds is 6. The molecule has 15 heteroatoms. The van der Waals surface area contributed by atoms with Crippen molar-refractivity contribution < 1.29 is 55.3 Å². The zero-order valence-electron chi connectivity index (χ0n) is 20.9. The fourth-order valence-electron chi connectivity index (χ4n) is 4.22. The number of carboxylic acids is 2. The topological polar surface area (TPSA) is 116 Å². The van der Waals surface area contributed by atoms with Gasteiger partial charge in [0, 0.05) is 37.9 Å². The number of likely N-dealkylation sites (N-methyl/N-ethyl adjacent to an activating group) is 1. The molecule has 9 nitrogen and oxygen atoms in total. The number of pyridine rings is 1. The number of hydrogen-bond donors (Lipinski definition) is 2. The van der Waals surface area contributed by atoms with Gasteiger partial charge in [0.2, 0.25) is 0 Å². The lowest BCUT2D eigenvalue weighted by Gasteiger charge is -2.36. The maximum atomic E-state index is 10.6. The number of likely N-dealkylation sites (tertiary alicyclic amines) is 1. The van der Waals surface area contributed by atoms with Crippen molar-refractivity contribution in [2.24, 2.45) is 11.8 Å². The number of nitrogens with zero attached hydrogens (tertiary/aromatic N) is 3. The minimum atomic E-state index is -5.08. The minimum Gasteiger partial charge on any atom is -0.475 e. The lowest BCUT2D eigenvalue weighted by Crippen LogP contribution is -2.44. The van der Waals surface area contributed by atoms with Crippen molar-refractivity contribution in [2.75, 3.05) is 33.3 Å². The van der Waals surface area contributed by atoms with Crippen molar-refractivity contribution >= 4 is 11.9 Å². The second-order valence-corrected chi connectivity index (χ2v) is 9.06. The molecule has 218 valence electrons. The highest BCUT2D eigenvalue weighted by molar-refractivity contribution is 5.73. The van der Waals surface area contributed by atoms with Crippen molar-refractivity contribution in [3.63, 3.8) is 0 Å². The summed E-state index contributed by atoms with van der Waals surface area (Å²) in [5, 5.41) is 14.2. The molecule has 0 aromatic carbocycles. The van der Waals surface area contributed by atoms with Crippen LogP contribution in [0.15, 0.2) is 47.3 Å². The van der Waals surface area contributed by atoms with Gasteiger partial charge in [-0.25, -0.2) is 9.59 Å². The average Bonchev–Trinajstić information content (AvgIpc) is 3.49. The zero-order valence-corrected chi connectivity index (χ0v) is 20.9. The van der Waals surface area contributed by atoms with Gasteiger partial charge >= 0.3 is 24.3 Å². The number of carboxylic acid groups (broad SMARTS) is 2. The van der Waals surface area contributed by atoms with E-state index in [1.807, 2.05) is 30.6 Å². The van der Waals surface area contributed by atoms with E-state index in [4.69, 9.17) is 29.0 Å². The molecule has 0 radical (unpaired) electrons. The summed E-state index contributed by atoms with van der Waals surface area (Å²) in [6.45, 7) is 6.00. The van der Waals surface area contributed by atoms with Crippen molar-refractivity contribution in [1.29, 1.82) is 0 Å². The van der Waals surface area contributed by atoms with Crippen molar-refractivity contribution in [1.82, 2.24) is 14.8 Å². The highest BCUT2D eigenvalue weighted by atomic mass is 19.4. The Labute approximate surface area is 220 Å². The monoisotopic (exact) mass is 569 g/mol. The standard InChI is InChI=1S/C20H27N3O2.2C2HF3O2/c1-22(12-18-5-3-9-24-18)14-20-19-13-23(8-6-17(19)15-25-20)11-16-4-2-7-21-10-16;2*3-2(4,5)1(6)7/h2-5,7,9-10,17,19-20H,6,8,11-15H2,1H3;2*(H,6,7)/t17-,19-,20+;;/m0../s1. The van der Waals surface area contributed by atoms with Gasteiger partial charge in [0.05, 0.1) is 25.5 Å². The van der Waals surface area contributed by atoms with Gasteiger partial charge in [0.25, 0.3) is 0 Å². The molecule has 2 aliphatic heterocycles. The second-order valence-electron chi connectivity index (χ2n) is 9.06. The van der Waals surface area contributed by atoms with Crippen LogP contribution >= 0.6 is 0 Å². The van der Waals surface area contributed by atoms with Crippen molar-refractivity contribution in [3.05, 3.63) is 54.2 Å².